The van der Waals surface area contributed by atoms with Gasteiger partial charge < -0.3 is 0 Å². The van der Waals surface area contributed by atoms with Gasteiger partial charge in [0.25, 0.3) is 0 Å². The molecule has 90 valence electrons. The van der Waals surface area contributed by atoms with Crippen LogP contribution in [0.5, 0.6) is 0 Å². The number of hydrogen-bond acceptors (Lipinski definition) is 1. The van der Waals surface area contributed by atoms with Gasteiger partial charge in [-0.2, -0.15) is 5.26 Å². The molecule has 0 saturated heterocycles. The van der Waals surface area contributed by atoms with E-state index in [1.54, 1.807) is 0 Å². The third kappa shape index (κ3) is 2.99. The summed E-state index contributed by atoms with van der Waals surface area (Å²) in [6.45, 7) is 4.13. The summed E-state index contributed by atoms with van der Waals surface area (Å²) >= 11 is 0. The molecular formula is C17H17N. The molecule has 0 radical (unpaired) electrons. The van der Waals surface area contributed by atoms with Crippen LogP contribution in [0.3, 0.4) is 0 Å². The van der Waals surface area contributed by atoms with Crippen molar-refractivity contribution < 1.29 is 0 Å². The minimum Gasteiger partial charge on any atom is -0.198 e. The van der Waals surface area contributed by atoms with Gasteiger partial charge in [0.2, 0.25) is 0 Å². The van der Waals surface area contributed by atoms with Gasteiger partial charge in [-0.15, -0.1) is 0 Å². The molecule has 0 amide bonds. The fourth-order valence-electron chi connectivity index (χ4n) is 2.08. The maximum Gasteiger partial charge on any atom is 0.0753 e. The maximum atomic E-state index is 9.34. The third-order valence-electron chi connectivity index (χ3n) is 3.16. The molecule has 0 bridgehead atoms. The zero-order chi connectivity index (χ0) is 13.0. The van der Waals surface area contributed by atoms with Crippen molar-refractivity contribution in [3.8, 4) is 6.07 Å². The average Bonchev–Trinajstić information content (AvgIpc) is 2.38. The SMILES string of the molecule is Cc1ccc(CC(C#N)c2cccc(C)c2)cc1. The summed E-state index contributed by atoms with van der Waals surface area (Å²) in [6, 6.07) is 19.0. The third-order valence-corrected chi connectivity index (χ3v) is 3.16. The van der Waals surface area contributed by atoms with Gasteiger partial charge in [-0.05, 0) is 31.4 Å². The molecule has 18 heavy (non-hydrogen) atoms. The van der Waals surface area contributed by atoms with Gasteiger partial charge in [0.1, 0.15) is 0 Å². The van der Waals surface area contributed by atoms with Crippen molar-refractivity contribution in [3.63, 3.8) is 0 Å². The molecular weight excluding hydrogens is 218 g/mol. The van der Waals surface area contributed by atoms with Gasteiger partial charge in [-0.25, -0.2) is 0 Å². The van der Waals surface area contributed by atoms with E-state index in [0.717, 1.165) is 12.0 Å². The van der Waals surface area contributed by atoms with Crippen molar-refractivity contribution in [1.29, 1.82) is 5.26 Å². The van der Waals surface area contributed by atoms with E-state index in [0.29, 0.717) is 0 Å². The van der Waals surface area contributed by atoms with Crippen LogP contribution in [0, 0.1) is 25.2 Å². The van der Waals surface area contributed by atoms with E-state index in [4.69, 9.17) is 0 Å². The lowest BCUT2D eigenvalue weighted by atomic mass is 9.92. The van der Waals surface area contributed by atoms with Crippen LogP contribution in [0.25, 0.3) is 0 Å². The van der Waals surface area contributed by atoms with Crippen LogP contribution in [0.1, 0.15) is 28.2 Å². The van der Waals surface area contributed by atoms with Crippen LogP contribution < -0.4 is 0 Å². The smallest absolute Gasteiger partial charge is 0.0753 e. The molecule has 0 aliphatic rings. The Morgan fingerprint density at radius 1 is 1.00 bits per heavy atom. The number of rotatable bonds is 3. The first kappa shape index (κ1) is 12.4. The lowest BCUT2D eigenvalue weighted by Crippen LogP contribution is -2.00. The highest BCUT2D eigenvalue weighted by Gasteiger charge is 2.11. The molecule has 2 aromatic carbocycles. The number of nitrogens with zero attached hydrogens (tertiary/aromatic N) is 1. The second-order valence-electron chi connectivity index (χ2n) is 4.79. The van der Waals surface area contributed by atoms with Gasteiger partial charge in [-0.3, -0.25) is 0 Å². The second kappa shape index (κ2) is 5.51. The number of aryl methyl sites for hydroxylation is 2. The molecule has 0 aliphatic heterocycles. The minimum atomic E-state index is -0.0624. The van der Waals surface area contributed by atoms with E-state index in [9.17, 15) is 5.26 Å². The summed E-state index contributed by atoms with van der Waals surface area (Å²) in [5.41, 5.74) is 4.78. The Labute approximate surface area is 109 Å². The zero-order valence-electron chi connectivity index (χ0n) is 10.9. The summed E-state index contributed by atoms with van der Waals surface area (Å²) in [5.74, 6) is -0.0624. The van der Waals surface area contributed by atoms with E-state index in [1.807, 2.05) is 12.1 Å². The Balaban J connectivity index is 2.20. The van der Waals surface area contributed by atoms with Crippen LogP contribution in [0.4, 0.5) is 0 Å². The first-order chi connectivity index (χ1) is 8.69. The second-order valence-corrected chi connectivity index (χ2v) is 4.79. The average molecular weight is 235 g/mol. The molecule has 0 fully saturated rings. The zero-order valence-corrected chi connectivity index (χ0v) is 10.9. The molecule has 0 aliphatic carbocycles. The number of nitriles is 1. The molecule has 2 rings (SSSR count). The molecule has 1 heteroatoms. The molecule has 0 N–H and O–H groups in total. The van der Waals surface area contributed by atoms with Crippen molar-refractivity contribution in [2.45, 2.75) is 26.2 Å². The lowest BCUT2D eigenvalue weighted by molar-refractivity contribution is 0.847. The number of hydrogen-bond donors (Lipinski definition) is 0. The molecule has 2 aromatic rings. The highest BCUT2D eigenvalue weighted by atomic mass is 14.3. The first-order valence-electron chi connectivity index (χ1n) is 6.21. The van der Waals surface area contributed by atoms with Crippen LogP contribution in [-0.4, -0.2) is 0 Å². The quantitative estimate of drug-likeness (QED) is 0.784. The maximum absolute atomic E-state index is 9.34. The monoisotopic (exact) mass is 235 g/mol. The Kier molecular flexibility index (Phi) is 3.79. The van der Waals surface area contributed by atoms with Gasteiger partial charge in [0.15, 0.2) is 0 Å². The van der Waals surface area contributed by atoms with Gasteiger partial charge in [0, 0.05) is 0 Å². The van der Waals surface area contributed by atoms with Crippen LogP contribution in [0.2, 0.25) is 0 Å². The van der Waals surface area contributed by atoms with E-state index >= 15 is 0 Å². The highest BCUT2D eigenvalue weighted by Crippen LogP contribution is 2.21. The minimum absolute atomic E-state index is 0.0624. The molecule has 1 nitrogen and oxygen atoms in total. The first-order valence-corrected chi connectivity index (χ1v) is 6.21. The van der Waals surface area contributed by atoms with E-state index < -0.39 is 0 Å². The summed E-state index contributed by atoms with van der Waals surface area (Å²) < 4.78 is 0. The fourth-order valence-corrected chi connectivity index (χ4v) is 2.08. The topological polar surface area (TPSA) is 23.8 Å². The summed E-state index contributed by atoms with van der Waals surface area (Å²) in [7, 11) is 0. The van der Waals surface area contributed by atoms with Crippen molar-refractivity contribution in [1.82, 2.24) is 0 Å². The van der Waals surface area contributed by atoms with Crippen LogP contribution >= 0.6 is 0 Å². The Hall–Kier alpha value is -2.07. The molecule has 0 heterocycles. The summed E-state index contributed by atoms with van der Waals surface area (Å²) in [6.07, 6.45) is 0.778. The predicted octanol–water partition coefficient (Wildman–Crippen LogP) is 4.15. The molecule has 1 atom stereocenters. The van der Waals surface area contributed by atoms with E-state index in [-0.39, 0.29) is 5.92 Å². The summed E-state index contributed by atoms with van der Waals surface area (Å²) in [5, 5.41) is 9.34. The Morgan fingerprint density at radius 2 is 1.72 bits per heavy atom. The predicted molar refractivity (Wildman–Crippen MR) is 74.4 cm³/mol. The fraction of sp³-hybridized carbons (Fsp3) is 0.235. The van der Waals surface area contributed by atoms with Gasteiger partial charge >= 0.3 is 0 Å². The Bertz CT molecular complexity index is 561. The number of benzene rings is 2. The normalized spacial score (nSPS) is 11.8. The molecule has 1 unspecified atom stereocenters. The van der Waals surface area contributed by atoms with Crippen molar-refractivity contribution in [2.75, 3.05) is 0 Å². The van der Waals surface area contributed by atoms with Crippen molar-refractivity contribution in [2.24, 2.45) is 0 Å². The van der Waals surface area contributed by atoms with Crippen molar-refractivity contribution >= 4 is 0 Å². The van der Waals surface area contributed by atoms with Gasteiger partial charge in [-0.1, -0.05) is 59.7 Å². The van der Waals surface area contributed by atoms with E-state index in [2.05, 4.69) is 56.3 Å². The molecule has 0 spiro atoms. The standard InChI is InChI=1S/C17H17N/c1-13-6-8-15(9-7-13)11-17(12-18)16-5-3-4-14(2)10-16/h3-10,17H,11H2,1-2H3. The lowest BCUT2D eigenvalue weighted by Gasteiger charge is -2.10. The van der Waals surface area contributed by atoms with Crippen molar-refractivity contribution in [3.05, 3.63) is 70.8 Å². The highest BCUT2D eigenvalue weighted by molar-refractivity contribution is 5.32. The van der Waals surface area contributed by atoms with Gasteiger partial charge in [0.05, 0.1) is 12.0 Å². The molecule has 0 aromatic heterocycles. The Morgan fingerprint density at radius 3 is 2.33 bits per heavy atom. The molecule has 0 saturated carbocycles. The largest absolute Gasteiger partial charge is 0.198 e. The summed E-state index contributed by atoms with van der Waals surface area (Å²) in [4.78, 5) is 0. The van der Waals surface area contributed by atoms with E-state index in [1.165, 1.54) is 16.7 Å². The van der Waals surface area contributed by atoms with Crippen LogP contribution in [-0.2, 0) is 6.42 Å². The van der Waals surface area contributed by atoms with Crippen LogP contribution in [0.15, 0.2) is 48.5 Å².